The van der Waals surface area contributed by atoms with Crippen molar-refractivity contribution in [1.82, 2.24) is 0 Å². The largest absolute Gasteiger partial charge is 0.463 e. The third kappa shape index (κ3) is 6.33. The molecule has 0 aliphatic heterocycles. The molecule has 0 radical (unpaired) electrons. The normalized spacial score (nSPS) is 15.2. The van der Waals surface area contributed by atoms with Gasteiger partial charge in [-0.2, -0.15) is 0 Å². The van der Waals surface area contributed by atoms with Gasteiger partial charge in [-0.25, -0.2) is 0 Å². The molecule has 19 heavy (non-hydrogen) atoms. The van der Waals surface area contributed by atoms with Crippen LogP contribution in [0.15, 0.2) is 11.8 Å². The van der Waals surface area contributed by atoms with Crippen LogP contribution in [0.3, 0.4) is 0 Å². The lowest BCUT2D eigenvalue weighted by molar-refractivity contribution is -0.404. The predicted molar refractivity (Wildman–Crippen MR) is 71.1 cm³/mol. The Kier molecular flexibility index (Phi) is 7.29. The van der Waals surface area contributed by atoms with Gasteiger partial charge < -0.3 is 9.84 Å². The molecular weight excluding hydrogens is 250 g/mol. The highest BCUT2D eigenvalue weighted by Crippen LogP contribution is 2.29. The highest BCUT2D eigenvalue weighted by atomic mass is 16.6. The van der Waals surface area contributed by atoms with Crippen molar-refractivity contribution in [3.8, 4) is 0 Å². The lowest BCUT2D eigenvalue weighted by Gasteiger charge is -2.27. The second-order valence-corrected chi connectivity index (χ2v) is 4.79. The summed E-state index contributed by atoms with van der Waals surface area (Å²) < 4.78 is 4.99. The van der Waals surface area contributed by atoms with Crippen molar-refractivity contribution in [2.75, 3.05) is 0 Å². The summed E-state index contributed by atoms with van der Waals surface area (Å²) in [6.07, 6.45) is 1.51. The van der Waals surface area contributed by atoms with Crippen molar-refractivity contribution in [2.45, 2.75) is 65.1 Å². The maximum atomic E-state index is 11.6. The summed E-state index contributed by atoms with van der Waals surface area (Å²) in [6.45, 7) is 6.97. The molecule has 0 bridgehead atoms. The fourth-order valence-electron chi connectivity index (χ4n) is 1.82. The highest BCUT2D eigenvalue weighted by Gasteiger charge is 2.35. The molecule has 0 saturated carbocycles. The second-order valence-electron chi connectivity index (χ2n) is 4.79. The number of carbonyl (C=O) groups is 1. The summed E-state index contributed by atoms with van der Waals surface area (Å²) in [5.74, 6) is -0.551. The first-order valence-electron chi connectivity index (χ1n) is 6.51. The zero-order valence-corrected chi connectivity index (χ0v) is 12.0. The van der Waals surface area contributed by atoms with Gasteiger partial charge in [0.2, 0.25) is 6.20 Å². The Balaban J connectivity index is 5.08. The van der Waals surface area contributed by atoms with Gasteiger partial charge in [-0.15, -0.1) is 0 Å². The topological polar surface area (TPSA) is 89.7 Å². The van der Waals surface area contributed by atoms with Crippen molar-refractivity contribution in [2.24, 2.45) is 0 Å². The van der Waals surface area contributed by atoms with E-state index in [1.54, 1.807) is 20.8 Å². The van der Waals surface area contributed by atoms with E-state index in [1.807, 2.05) is 6.92 Å². The van der Waals surface area contributed by atoms with Crippen LogP contribution in [-0.2, 0) is 9.53 Å². The summed E-state index contributed by atoms with van der Waals surface area (Å²) in [5.41, 5.74) is -1.24. The minimum Gasteiger partial charge on any atom is -0.463 e. The van der Waals surface area contributed by atoms with Crippen molar-refractivity contribution < 1.29 is 19.6 Å². The van der Waals surface area contributed by atoms with Crippen LogP contribution in [0.25, 0.3) is 0 Å². The fourth-order valence-corrected chi connectivity index (χ4v) is 1.82. The SMILES string of the molecule is CCC/C(=C\[N+](=O)[O-])C(O)(CC)CC(=O)OC(C)C. The number of nitrogens with zero attached hydrogens (tertiary/aromatic N) is 1. The lowest BCUT2D eigenvalue weighted by atomic mass is 9.85. The minimum atomic E-state index is -1.50. The predicted octanol–water partition coefficient (Wildman–Crippen LogP) is 2.43. The number of ether oxygens (including phenoxy) is 1. The first-order valence-corrected chi connectivity index (χ1v) is 6.51. The van der Waals surface area contributed by atoms with E-state index >= 15 is 0 Å². The third-order valence-electron chi connectivity index (χ3n) is 2.77. The van der Waals surface area contributed by atoms with Crippen LogP contribution >= 0.6 is 0 Å². The van der Waals surface area contributed by atoms with Gasteiger partial charge in [-0.1, -0.05) is 20.3 Å². The molecule has 0 aliphatic carbocycles. The van der Waals surface area contributed by atoms with Crippen LogP contribution < -0.4 is 0 Å². The molecule has 0 spiro atoms. The van der Waals surface area contributed by atoms with E-state index in [1.165, 1.54) is 0 Å². The molecule has 6 heteroatoms. The number of aliphatic hydroxyl groups is 1. The zero-order chi connectivity index (χ0) is 15.1. The van der Waals surface area contributed by atoms with E-state index in [0.29, 0.717) is 12.8 Å². The molecule has 0 saturated heterocycles. The summed E-state index contributed by atoms with van der Waals surface area (Å²) in [4.78, 5) is 21.7. The Morgan fingerprint density at radius 1 is 1.47 bits per heavy atom. The van der Waals surface area contributed by atoms with E-state index in [0.717, 1.165) is 6.20 Å². The van der Waals surface area contributed by atoms with Crippen LogP contribution in [0.4, 0.5) is 0 Å². The summed E-state index contributed by atoms with van der Waals surface area (Å²) >= 11 is 0. The van der Waals surface area contributed by atoms with Crippen LogP contribution in [0.5, 0.6) is 0 Å². The molecule has 1 unspecified atom stereocenters. The number of hydrogen-bond acceptors (Lipinski definition) is 5. The number of rotatable bonds is 8. The van der Waals surface area contributed by atoms with Crippen LogP contribution in [0, 0.1) is 10.1 Å². The van der Waals surface area contributed by atoms with E-state index < -0.39 is 16.5 Å². The van der Waals surface area contributed by atoms with Gasteiger partial charge in [0.15, 0.2) is 0 Å². The first kappa shape index (κ1) is 17.6. The standard InChI is InChI=1S/C13H23NO5/c1-5-7-11(9-14(17)18)13(16,6-2)8-12(15)19-10(3)4/h9-10,16H,5-8H2,1-4H3/b11-9+. The van der Waals surface area contributed by atoms with Crippen molar-refractivity contribution in [3.05, 3.63) is 21.9 Å². The van der Waals surface area contributed by atoms with Crippen molar-refractivity contribution in [1.29, 1.82) is 0 Å². The van der Waals surface area contributed by atoms with Gasteiger partial charge in [-0.05, 0) is 26.7 Å². The monoisotopic (exact) mass is 273 g/mol. The smallest absolute Gasteiger partial charge is 0.309 e. The van der Waals surface area contributed by atoms with Gasteiger partial charge in [0.1, 0.15) is 5.60 Å². The number of nitro groups is 1. The molecule has 110 valence electrons. The highest BCUT2D eigenvalue weighted by molar-refractivity contribution is 5.71. The fraction of sp³-hybridized carbons (Fsp3) is 0.769. The van der Waals surface area contributed by atoms with Gasteiger partial charge in [0.25, 0.3) is 0 Å². The molecule has 0 amide bonds. The summed E-state index contributed by atoms with van der Waals surface area (Å²) in [6, 6.07) is 0. The molecule has 0 aliphatic rings. The number of esters is 1. The molecule has 0 heterocycles. The van der Waals surface area contributed by atoms with E-state index in [9.17, 15) is 20.0 Å². The first-order chi connectivity index (χ1) is 8.75. The average Bonchev–Trinajstić information content (AvgIpc) is 2.26. The molecule has 1 atom stereocenters. The lowest BCUT2D eigenvalue weighted by Crippen LogP contribution is -2.35. The number of hydrogen-bond donors (Lipinski definition) is 1. The Morgan fingerprint density at radius 2 is 2.05 bits per heavy atom. The summed E-state index contributed by atoms with van der Waals surface area (Å²) in [5, 5.41) is 21.1. The van der Waals surface area contributed by atoms with Crippen LogP contribution in [0.2, 0.25) is 0 Å². The molecule has 0 aromatic heterocycles. The van der Waals surface area contributed by atoms with Crippen LogP contribution in [0.1, 0.15) is 53.4 Å². The quantitative estimate of drug-likeness (QED) is 0.416. The van der Waals surface area contributed by atoms with Crippen molar-refractivity contribution >= 4 is 5.97 Å². The minimum absolute atomic E-state index is 0.222. The summed E-state index contributed by atoms with van der Waals surface area (Å²) in [7, 11) is 0. The van der Waals surface area contributed by atoms with E-state index in [-0.39, 0.29) is 24.5 Å². The van der Waals surface area contributed by atoms with Gasteiger partial charge in [0.05, 0.1) is 17.4 Å². The third-order valence-corrected chi connectivity index (χ3v) is 2.77. The van der Waals surface area contributed by atoms with Gasteiger partial charge in [0, 0.05) is 5.57 Å². The van der Waals surface area contributed by atoms with E-state index in [2.05, 4.69) is 0 Å². The molecule has 6 nitrogen and oxygen atoms in total. The molecular formula is C13H23NO5. The Bertz CT molecular complexity index is 351. The molecule has 0 aromatic rings. The zero-order valence-electron chi connectivity index (χ0n) is 12.0. The molecule has 1 N–H and O–H groups in total. The maximum absolute atomic E-state index is 11.6. The van der Waals surface area contributed by atoms with Crippen molar-refractivity contribution in [3.63, 3.8) is 0 Å². The van der Waals surface area contributed by atoms with E-state index in [4.69, 9.17) is 4.74 Å². The molecule has 0 aromatic carbocycles. The van der Waals surface area contributed by atoms with Gasteiger partial charge >= 0.3 is 5.97 Å². The second kappa shape index (κ2) is 7.89. The Hall–Kier alpha value is -1.43. The van der Waals surface area contributed by atoms with Crippen LogP contribution in [-0.4, -0.2) is 27.7 Å². The molecule has 0 fully saturated rings. The Morgan fingerprint density at radius 3 is 2.42 bits per heavy atom. The van der Waals surface area contributed by atoms with Gasteiger partial charge in [-0.3, -0.25) is 14.9 Å². The Labute approximate surface area is 113 Å². The maximum Gasteiger partial charge on any atom is 0.309 e. The number of carbonyl (C=O) groups excluding carboxylic acids is 1. The molecule has 0 rings (SSSR count). The average molecular weight is 273 g/mol.